The number of carbonyl (C=O) groups excluding carboxylic acids is 1. The van der Waals surface area contributed by atoms with Crippen LogP contribution in [0, 0.1) is 0 Å². The Morgan fingerprint density at radius 3 is 1.17 bits per heavy atom. The third-order valence-corrected chi connectivity index (χ3v) is 0. The van der Waals surface area contributed by atoms with E-state index in [4.69, 9.17) is 15.0 Å². The Labute approximate surface area is 72.3 Å². The highest BCUT2D eigenvalue weighted by molar-refractivity contribution is 5.72. The first-order chi connectivity index (χ1) is 4.88. The molecule has 0 aromatic heterocycles. The summed E-state index contributed by atoms with van der Waals surface area (Å²) in [6, 6.07) is 0. The Morgan fingerprint density at radius 2 is 1.17 bits per heavy atom. The third kappa shape index (κ3) is 666. The molecule has 0 rings (SSSR count). The van der Waals surface area contributed by atoms with Crippen molar-refractivity contribution in [1.82, 2.24) is 0 Å². The third-order valence-electron chi connectivity index (χ3n) is 0. The molecule has 0 saturated carbocycles. The maximum absolute atomic E-state index is 9.44. The van der Waals surface area contributed by atoms with Gasteiger partial charge in [0.2, 0.25) is 0 Å². The SMILES string of the molecule is CC(=O)O.CC(C)=O.CCO.[OH-]. The molecular weight excluding hydrogens is 164 g/mol. The lowest BCUT2D eigenvalue weighted by molar-refractivity contribution is -0.134. The number of ketones is 1. The molecule has 3 N–H and O–H groups in total. The van der Waals surface area contributed by atoms with E-state index in [1.54, 1.807) is 6.92 Å². The van der Waals surface area contributed by atoms with E-state index in [0.717, 1.165) is 6.92 Å². The number of carboxylic acid groups (broad SMARTS) is 1. The van der Waals surface area contributed by atoms with Crippen LogP contribution in [0.25, 0.3) is 0 Å². The number of aliphatic carboxylic acids is 1. The molecule has 0 aliphatic heterocycles. The van der Waals surface area contributed by atoms with Gasteiger partial charge in [0.05, 0.1) is 0 Å². The zero-order chi connectivity index (χ0) is 9.86. The topological polar surface area (TPSA) is 105 Å². The van der Waals surface area contributed by atoms with E-state index < -0.39 is 5.97 Å². The van der Waals surface area contributed by atoms with Crippen molar-refractivity contribution in [3.8, 4) is 0 Å². The van der Waals surface area contributed by atoms with Crippen LogP contribution in [0.3, 0.4) is 0 Å². The van der Waals surface area contributed by atoms with Crippen LogP contribution in [0.15, 0.2) is 0 Å². The van der Waals surface area contributed by atoms with Gasteiger partial charge in [0.1, 0.15) is 5.78 Å². The fourth-order valence-corrected chi connectivity index (χ4v) is 0. The van der Waals surface area contributed by atoms with Crippen molar-refractivity contribution in [2.45, 2.75) is 27.7 Å². The molecule has 76 valence electrons. The summed E-state index contributed by atoms with van der Waals surface area (Å²) in [5.74, 6) is -0.667. The van der Waals surface area contributed by atoms with E-state index in [1.165, 1.54) is 13.8 Å². The van der Waals surface area contributed by atoms with Crippen molar-refractivity contribution in [2.75, 3.05) is 6.61 Å². The number of aliphatic hydroxyl groups excluding tert-OH is 1. The van der Waals surface area contributed by atoms with E-state index in [9.17, 15) is 4.79 Å². The number of carboxylic acids is 1. The standard InChI is InChI=1S/C3H6O.C2H4O2.C2H6O.H2O/c1-3(2)4;1-2(3)4;1-2-3;/h1-2H3;1H3,(H,3,4);3H,2H2,1H3;1H2/p-1. The normalized spacial score (nSPS) is 5.75. The Hall–Kier alpha value is -0.940. The smallest absolute Gasteiger partial charge is 0.300 e. The van der Waals surface area contributed by atoms with Gasteiger partial charge in [-0.15, -0.1) is 0 Å². The molecule has 0 aliphatic carbocycles. The highest BCUT2D eigenvalue weighted by atomic mass is 16.4. The molecule has 12 heavy (non-hydrogen) atoms. The quantitative estimate of drug-likeness (QED) is 0.566. The van der Waals surface area contributed by atoms with Crippen LogP contribution in [0.4, 0.5) is 0 Å². The largest absolute Gasteiger partial charge is 0.870 e. The summed E-state index contributed by atoms with van der Waals surface area (Å²) >= 11 is 0. The van der Waals surface area contributed by atoms with E-state index >= 15 is 0 Å². The molecular formula is C7H17O5-. The minimum atomic E-state index is -0.833. The van der Waals surface area contributed by atoms with Gasteiger partial charge in [-0.05, 0) is 20.8 Å². The number of hydrogen-bond acceptors (Lipinski definition) is 4. The monoisotopic (exact) mass is 181 g/mol. The Balaban J connectivity index is -0.0000000389. The van der Waals surface area contributed by atoms with Crippen LogP contribution in [0.2, 0.25) is 0 Å². The van der Waals surface area contributed by atoms with E-state index in [0.29, 0.717) is 0 Å². The Bertz CT molecular complexity index is 80.0. The van der Waals surface area contributed by atoms with Gasteiger partial charge in [0.15, 0.2) is 0 Å². The summed E-state index contributed by atoms with van der Waals surface area (Å²) < 4.78 is 0. The van der Waals surface area contributed by atoms with Crippen molar-refractivity contribution in [2.24, 2.45) is 0 Å². The van der Waals surface area contributed by atoms with Crippen LogP contribution in [-0.4, -0.2) is 34.0 Å². The van der Waals surface area contributed by atoms with Gasteiger partial charge in [-0.25, -0.2) is 0 Å². The van der Waals surface area contributed by atoms with Crippen LogP contribution in [0.5, 0.6) is 0 Å². The molecule has 0 unspecified atom stereocenters. The van der Waals surface area contributed by atoms with Crippen LogP contribution < -0.4 is 0 Å². The fraction of sp³-hybridized carbons (Fsp3) is 0.714. The van der Waals surface area contributed by atoms with Gasteiger partial charge in [-0.3, -0.25) is 4.79 Å². The van der Waals surface area contributed by atoms with Crippen LogP contribution >= 0.6 is 0 Å². The van der Waals surface area contributed by atoms with Crippen molar-refractivity contribution < 1.29 is 25.3 Å². The van der Waals surface area contributed by atoms with E-state index in [1.807, 2.05) is 0 Å². The van der Waals surface area contributed by atoms with Gasteiger partial charge in [0.25, 0.3) is 5.97 Å². The van der Waals surface area contributed by atoms with Crippen molar-refractivity contribution >= 4 is 11.8 Å². The van der Waals surface area contributed by atoms with E-state index in [2.05, 4.69) is 0 Å². The molecule has 0 bridgehead atoms. The summed E-state index contributed by atoms with van der Waals surface area (Å²) in [6.45, 7) is 6.07. The molecule has 0 aromatic rings. The van der Waals surface area contributed by atoms with Crippen LogP contribution in [-0.2, 0) is 9.59 Å². The molecule has 0 aliphatic rings. The van der Waals surface area contributed by atoms with E-state index in [-0.39, 0.29) is 17.9 Å². The Morgan fingerprint density at radius 1 is 1.17 bits per heavy atom. The highest BCUT2D eigenvalue weighted by Gasteiger charge is 1.65. The summed E-state index contributed by atoms with van der Waals surface area (Å²) in [5.41, 5.74) is 0. The van der Waals surface area contributed by atoms with Gasteiger partial charge in [-0.1, -0.05) is 0 Å². The zero-order valence-electron chi connectivity index (χ0n) is 7.87. The van der Waals surface area contributed by atoms with Crippen LogP contribution in [0.1, 0.15) is 27.7 Å². The second kappa shape index (κ2) is 22.5. The second-order valence-electron chi connectivity index (χ2n) is 1.74. The summed E-state index contributed by atoms with van der Waals surface area (Å²) in [5, 5.41) is 15.0. The Kier molecular flexibility index (Phi) is 42.1. The molecule has 5 nitrogen and oxygen atoms in total. The number of aliphatic hydroxyl groups is 1. The van der Waals surface area contributed by atoms with Gasteiger partial charge in [0, 0.05) is 13.5 Å². The lowest BCUT2D eigenvalue weighted by Crippen LogP contribution is -1.78. The summed E-state index contributed by atoms with van der Waals surface area (Å²) in [6.07, 6.45) is 0. The van der Waals surface area contributed by atoms with Crippen molar-refractivity contribution in [1.29, 1.82) is 0 Å². The number of hydrogen-bond donors (Lipinski definition) is 2. The lowest BCUT2D eigenvalue weighted by atomic mass is 10.6. The van der Waals surface area contributed by atoms with Gasteiger partial charge >= 0.3 is 0 Å². The highest BCUT2D eigenvalue weighted by Crippen LogP contribution is 1.50. The number of rotatable bonds is 0. The number of Topliss-reactive ketones (excluding diaryl/α,β-unsaturated/α-hetero) is 1. The molecule has 0 amide bonds. The molecule has 0 spiro atoms. The molecule has 0 aromatic carbocycles. The number of carbonyl (C=O) groups is 2. The predicted molar refractivity (Wildman–Crippen MR) is 44.4 cm³/mol. The minimum Gasteiger partial charge on any atom is -0.870 e. The second-order valence-corrected chi connectivity index (χ2v) is 1.74. The summed E-state index contributed by atoms with van der Waals surface area (Å²) in [7, 11) is 0. The first kappa shape index (κ1) is 22.5. The summed E-state index contributed by atoms with van der Waals surface area (Å²) in [4.78, 5) is 18.4. The van der Waals surface area contributed by atoms with Crippen molar-refractivity contribution in [3.05, 3.63) is 0 Å². The zero-order valence-corrected chi connectivity index (χ0v) is 7.87. The molecule has 0 saturated heterocycles. The maximum Gasteiger partial charge on any atom is 0.300 e. The lowest BCUT2D eigenvalue weighted by Gasteiger charge is -1.59. The van der Waals surface area contributed by atoms with Gasteiger partial charge in [-0.2, -0.15) is 0 Å². The molecule has 0 atom stereocenters. The van der Waals surface area contributed by atoms with Crippen molar-refractivity contribution in [3.63, 3.8) is 0 Å². The predicted octanol–water partition coefficient (Wildman–Crippen LogP) is 0.508. The molecule has 0 fully saturated rings. The first-order valence-electron chi connectivity index (χ1n) is 3.16. The fourth-order valence-electron chi connectivity index (χ4n) is 0. The molecule has 5 heteroatoms. The minimum absolute atomic E-state index is 0. The average Bonchev–Trinajstić information content (AvgIpc) is 1.60. The maximum atomic E-state index is 9.44. The average molecular weight is 181 g/mol. The molecule has 0 heterocycles. The molecule has 0 radical (unpaired) electrons. The first-order valence-corrected chi connectivity index (χ1v) is 3.16. The van der Waals surface area contributed by atoms with Gasteiger partial charge < -0.3 is 20.5 Å².